The number of amides is 3. The van der Waals surface area contributed by atoms with Gasteiger partial charge in [-0.15, -0.1) is 22.7 Å². The Morgan fingerprint density at radius 1 is 1.18 bits per heavy atom. The van der Waals surface area contributed by atoms with Crippen LogP contribution < -0.4 is 10.6 Å². The number of thiophene rings is 1. The number of piperidine rings is 1. The van der Waals surface area contributed by atoms with Gasteiger partial charge in [0.05, 0.1) is 23.0 Å². The SMILES string of the molecule is CC(=O)NCc1ccc(-c2csc(NC(=O)C3CCCN(C(=O)c4ccc(F)cc4)C3)n2)s1. The third-order valence-electron chi connectivity index (χ3n) is 5.33. The topological polar surface area (TPSA) is 91.4 Å². The van der Waals surface area contributed by atoms with Crippen LogP contribution >= 0.6 is 22.7 Å². The van der Waals surface area contributed by atoms with Crippen molar-refractivity contribution in [1.82, 2.24) is 15.2 Å². The lowest BCUT2D eigenvalue weighted by Gasteiger charge is -2.32. The van der Waals surface area contributed by atoms with Gasteiger partial charge in [0.15, 0.2) is 5.13 Å². The van der Waals surface area contributed by atoms with Gasteiger partial charge in [0.2, 0.25) is 11.8 Å². The maximum atomic E-state index is 13.1. The van der Waals surface area contributed by atoms with Gasteiger partial charge in [-0.2, -0.15) is 0 Å². The summed E-state index contributed by atoms with van der Waals surface area (Å²) in [6, 6.07) is 9.34. The van der Waals surface area contributed by atoms with Crippen molar-refractivity contribution in [2.75, 3.05) is 18.4 Å². The normalized spacial score (nSPS) is 15.8. The highest BCUT2D eigenvalue weighted by molar-refractivity contribution is 7.17. The lowest BCUT2D eigenvalue weighted by molar-refractivity contribution is -0.121. The zero-order valence-corrected chi connectivity index (χ0v) is 19.6. The van der Waals surface area contributed by atoms with Gasteiger partial charge < -0.3 is 15.5 Å². The number of aromatic nitrogens is 1. The zero-order valence-electron chi connectivity index (χ0n) is 18.0. The second-order valence-electron chi connectivity index (χ2n) is 7.80. The van der Waals surface area contributed by atoms with Gasteiger partial charge >= 0.3 is 0 Å². The molecule has 1 atom stereocenters. The fourth-order valence-electron chi connectivity index (χ4n) is 3.62. The molecule has 3 heterocycles. The molecule has 10 heteroatoms. The van der Waals surface area contributed by atoms with Crippen LogP contribution in [-0.4, -0.2) is 40.7 Å². The van der Waals surface area contributed by atoms with Crippen LogP contribution in [0.25, 0.3) is 10.6 Å². The van der Waals surface area contributed by atoms with Crippen molar-refractivity contribution in [1.29, 1.82) is 0 Å². The Labute approximate surface area is 198 Å². The van der Waals surface area contributed by atoms with Crippen LogP contribution in [0.1, 0.15) is 35.0 Å². The fraction of sp³-hybridized carbons (Fsp3) is 0.304. The summed E-state index contributed by atoms with van der Waals surface area (Å²) in [4.78, 5) is 44.8. The van der Waals surface area contributed by atoms with Crippen molar-refractivity contribution < 1.29 is 18.8 Å². The number of rotatable bonds is 6. The molecule has 0 radical (unpaired) electrons. The van der Waals surface area contributed by atoms with Crippen molar-refractivity contribution in [3.8, 4) is 10.6 Å². The first-order chi connectivity index (χ1) is 15.9. The molecule has 1 unspecified atom stereocenters. The molecule has 1 aliphatic heterocycles. The summed E-state index contributed by atoms with van der Waals surface area (Å²) >= 11 is 2.89. The van der Waals surface area contributed by atoms with Gasteiger partial charge in [-0.3, -0.25) is 14.4 Å². The summed E-state index contributed by atoms with van der Waals surface area (Å²) in [5, 5.41) is 8.05. The number of carbonyl (C=O) groups excluding carboxylic acids is 3. The molecule has 4 rings (SSSR count). The van der Waals surface area contributed by atoms with Crippen LogP contribution in [0.15, 0.2) is 41.8 Å². The molecule has 0 spiro atoms. The highest BCUT2D eigenvalue weighted by Crippen LogP contribution is 2.31. The Balaban J connectivity index is 1.35. The highest BCUT2D eigenvalue weighted by Gasteiger charge is 2.29. The number of likely N-dealkylation sites (tertiary alicyclic amines) is 1. The minimum atomic E-state index is -0.392. The molecule has 1 fully saturated rings. The zero-order chi connectivity index (χ0) is 23.4. The Hall–Kier alpha value is -3.11. The number of carbonyl (C=O) groups is 3. The molecule has 1 aliphatic rings. The third kappa shape index (κ3) is 5.82. The average molecular weight is 487 g/mol. The molecule has 3 amide bonds. The number of nitrogens with zero attached hydrogens (tertiary/aromatic N) is 2. The minimum absolute atomic E-state index is 0.0794. The maximum absolute atomic E-state index is 13.1. The summed E-state index contributed by atoms with van der Waals surface area (Å²) in [5.74, 6) is -1.16. The summed E-state index contributed by atoms with van der Waals surface area (Å²) < 4.78 is 13.1. The van der Waals surface area contributed by atoms with Gasteiger partial charge in [-0.05, 0) is 49.2 Å². The van der Waals surface area contributed by atoms with Crippen LogP contribution in [-0.2, 0) is 16.1 Å². The van der Waals surface area contributed by atoms with Gasteiger partial charge in [0.1, 0.15) is 5.82 Å². The quantitative estimate of drug-likeness (QED) is 0.548. The standard InChI is InChI=1S/C23H23FN4O3S2/c1-14(29)25-11-18-8-9-20(33-18)19-13-32-23(26-19)27-21(30)16-3-2-10-28(12-16)22(31)15-4-6-17(24)7-5-15/h4-9,13,16H,2-3,10-12H2,1H3,(H,25,29)(H,26,27,30). The van der Waals surface area contributed by atoms with Crippen LogP contribution in [0.3, 0.4) is 0 Å². The van der Waals surface area contributed by atoms with Crippen molar-refractivity contribution in [3.05, 3.63) is 58.0 Å². The Morgan fingerprint density at radius 3 is 2.73 bits per heavy atom. The number of halogens is 1. The molecule has 33 heavy (non-hydrogen) atoms. The molecule has 2 N–H and O–H groups in total. The second kappa shape index (κ2) is 10.2. The molecule has 0 saturated carbocycles. The molecule has 172 valence electrons. The number of hydrogen-bond acceptors (Lipinski definition) is 6. The van der Waals surface area contributed by atoms with E-state index in [1.165, 1.54) is 53.9 Å². The number of anilines is 1. The van der Waals surface area contributed by atoms with Crippen molar-refractivity contribution in [3.63, 3.8) is 0 Å². The van der Waals surface area contributed by atoms with Crippen molar-refractivity contribution in [2.24, 2.45) is 5.92 Å². The van der Waals surface area contributed by atoms with Crippen LogP contribution in [0.2, 0.25) is 0 Å². The highest BCUT2D eigenvalue weighted by atomic mass is 32.1. The Kier molecular flexibility index (Phi) is 7.14. The van der Waals surface area contributed by atoms with E-state index in [1.807, 2.05) is 17.5 Å². The predicted octanol–water partition coefficient (Wildman–Crippen LogP) is 4.14. The third-order valence-corrected chi connectivity index (χ3v) is 7.20. The van der Waals surface area contributed by atoms with Gasteiger partial charge in [0, 0.05) is 35.8 Å². The first kappa shape index (κ1) is 23.1. The number of thiazole rings is 1. The van der Waals surface area contributed by atoms with E-state index in [1.54, 1.807) is 4.90 Å². The lowest BCUT2D eigenvalue weighted by Crippen LogP contribution is -2.43. The van der Waals surface area contributed by atoms with Gasteiger partial charge in [-0.25, -0.2) is 9.37 Å². The fourth-order valence-corrected chi connectivity index (χ4v) is 5.32. The van der Waals surface area contributed by atoms with Crippen LogP contribution in [0, 0.1) is 11.7 Å². The van der Waals surface area contributed by atoms with E-state index in [0.717, 1.165) is 21.9 Å². The maximum Gasteiger partial charge on any atom is 0.253 e. The molecular formula is C23H23FN4O3S2. The Bertz CT molecular complexity index is 1160. The van der Waals surface area contributed by atoms with E-state index >= 15 is 0 Å². The van der Waals surface area contributed by atoms with Crippen molar-refractivity contribution >= 4 is 45.5 Å². The molecule has 0 aliphatic carbocycles. The average Bonchev–Trinajstić information content (AvgIpc) is 3.47. The summed E-state index contributed by atoms with van der Waals surface area (Å²) in [6.45, 7) is 2.84. The smallest absolute Gasteiger partial charge is 0.253 e. The van der Waals surface area contributed by atoms with E-state index in [2.05, 4.69) is 15.6 Å². The molecule has 1 aromatic carbocycles. The van der Waals surface area contributed by atoms with Gasteiger partial charge in [0.25, 0.3) is 5.91 Å². The minimum Gasteiger partial charge on any atom is -0.351 e. The van der Waals surface area contributed by atoms with E-state index < -0.39 is 5.82 Å². The van der Waals surface area contributed by atoms with E-state index in [4.69, 9.17) is 0 Å². The number of nitrogens with one attached hydrogen (secondary N) is 2. The Morgan fingerprint density at radius 2 is 1.97 bits per heavy atom. The lowest BCUT2D eigenvalue weighted by atomic mass is 9.96. The van der Waals surface area contributed by atoms with Crippen LogP contribution in [0.4, 0.5) is 9.52 Å². The molecule has 0 bridgehead atoms. The van der Waals surface area contributed by atoms with Crippen LogP contribution in [0.5, 0.6) is 0 Å². The first-order valence-corrected chi connectivity index (χ1v) is 12.2. The number of benzene rings is 1. The number of hydrogen-bond donors (Lipinski definition) is 2. The van der Waals surface area contributed by atoms with E-state index in [-0.39, 0.29) is 23.6 Å². The summed E-state index contributed by atoms with van der Waals surface area (Å²) in [6.07, 6.45) is 1.41. The first-order valence-electron chi connectivity index (χ1n) is 10.5. The second-order valence-corrected chi connectivity index (χ2v) is 9.83. The summed E-state index contributed by atoms with van der Waals surface area (Å²) in [7, 11) is 0. The van der Waals surface area contributed by atoms with Crippen molar-refractivity contribution in [2.45, 2.75) is 26.3 Å². The van der Waals surface area contributed by atoms with Gasteiger partial charge in [-0.1, -0.05) is 0 Å². The largest absolute Gasteiger partial charge is 0.351 e. The molecule has 7 nitrogen and oxygen atoms in total. The monoisotopic (exact) mass is 486 g/mol. The molecular weight excluding hydrogens is 463 g/mol. The molecule has 1 saturated heterocycles. The van der Waals surface area contributed by atoms with E-state index in [0.29, 0.717) is 36.8 Å². The molecule has 2 aromatic heterocycles. The predicted molar refractivity (Wildman–Crippen MR) is 127 cm³/mol. The van der Waals surface area contributed by atoms with E-state index in [9.17, 15) is 18.8 Å². The molecule has 3 aromatic rings. The summed E-state index contributed by atoms with van der Waals surface area (Å²) in [5.41, 5.74) is 1.18.